The van der Waals surface area contributed by atoms with Crippen LogP contribution in [0.15, 0.2) is 6.07 Å². The van der Waals surface area contributed by atoms with Crippen LogP contribution in [0.2, 0.25) is 5.02 Å². The highest BCUT2D eigenvalue weighted by Crippen LogP contribution is 2.46. The van der Waals surface area contributed by atoms with Crippen molar-refractivity contribution in [1.29, 1.82) is 0 Å². The van der Waals surface area contributed by atoms with E-state index in [1.165, 1.54) is 21.3 Å². The lowest BCUT2D eigenvalue weighted by Crippen LogP contribution is -2.17. The molecule has 0 unspecified atom stereocenters. The van der Waals surface area contributed by atoms with Crippen molar-refractivity contribution in [1.82, 2.24) is 0 Å². The molecule has 0 aliphatic rings. The summed E-state index contributed by atoms with van der Waals surface area (Å²) in [4.78, 5) is 0. The molecule has 0 aliphatic carbocycles. The molecule has 0 saturated heterocycles. The summed E-state index contributed by atoms with van der Waals surface area (Å²) in [6, 6.07) is 1.66. The van der Waals surface area contributed by atoms with Gasteiger partial charge >= 0.3 is 0 Å². The number of ether oxygens (including phenoxy) is 3. The molecular weight excluding hydrogens is 244 g/mol. The maximum Gasteiger partial charge on any atom is 0.183 e. The van der Waals surface area contributed by atoms with E-state index < -0.39 is 5.60 Å². The first kappa shape index (κ1) is 13.9. The molecule has 0 radical (unpaired) electrons. The van der Waals surface area contributed by atoms with Gasteiger partial charge in [0.25, 0.3) is 0 Å². The van der Waals surface area contributed by atoms with Gasteiger partial charge in [-0.3, -0.25) is 0 Å². The Morgan fingerprint density at radius 2 is 1.59 bits per heavy atom. The molecule has 1 rings (SSSR count). The second-order valence-electron chi connectivity index (χ2n) is 4.07. The average Bonchev–Trinajstić information content (AvgIpc) is 2.26. The lowest BCUT2D eigenvalue weighted by molar-refractivity contribution is 0.0752. The molecule has 1 aromatic rings. The van der Waals surface area contributed by atoms with Crippen LogP contribution >= 0.6 is 11.6 Å². The van der Waals surface area contributed by atoms with Crippen LogP contribution in [0.5, 0.6) is 17.2 Å². The average molecular weight is 261 g/mol. The molecule has 0 atom stereocenters. The standard InChI is InChI=1S/C12H17ClO4/c1-12(2,14)7-6-8(15-3)11(17-5)9(13)10(7)16-4/h6,14H,1-5H3. The molecule has 0 spiro atoms. The van der Waals surface area contributed by atoms with Gasteiger partial charge in [-0.2, -0.15) is 0 Å². The number of halogens is 1. The second kappa shape index (κ2) is 5.02. The molecule has 0 saturated carbocycles. The Balaban J connectivity index is 3.57. The van der Waals surface area contributed by atoms with Crippen LogP contribution in [0, 0.1) is 0 Å². The zero-order chi connectivity index (χ0) is 13.2. The van der Waals surface area contributed by atoms with E-state index in [-0.39, 0.29) is 5.02 Å². The Kier molecular flexibility index (Phi) is 4.11. The molecule has 17 heavy (non-hydrogen) atoms. The van der Waals surface area contributed by atoms with Crippen LogP contribution in [-0.4, -0.2) is 26.4 Å². The minimum atomic E-state index is -1.09. The predicted molar refractivity (Wildman–Crippen MR) is 66.4 cm³/mol. The van der Waals surface area contributed by atoms with Crippen molar-refractivity contribution in [3.05, 3.63) is 16.7 Å². The van der Waals surface area contributed by atoms with E-state index >= 15 is 0 Å². The molecule has 0 heterocycles. The quantitative estimate of drug-likeness (QED) is 0.904. The molecule has 0 aliphatic heterocycles. The molecule has 0 aromatic heterocycles. The highest BCUT2D eigenvalue weighted by atomic mass is 35.5. The van der Waals surface area contributed by atoms with Crippen LogP contribution in [0.3, 0.4) is 0 Å². The van der Waals surface area contributed by atoms with Crippen LogP contribution in [0.4, 0.5) is 0 Å². The summed E-state index contributed by atoms with van der Waals surface area (Å²) < 4.78 is 15.6. The molecule has 0 amide bonds. The van der Waals surface area contributed by atoms with Crippen LogP contribution < -0.4 is 14.2 Å². The fourth-order valence-corrected chi connectivity index (χ4v) is 1.94. The van der Waals surface area contributed by atoms with Crippen LogP contribution in [0.1, 0.15) is 19.4 Å². The molecule has 96 valence electrons. The number of benzene rings is 1. The van der Waals surface area contributed by atoms with Crippen molar-refractivity contribution in [2.45, 2.75) is 19.4 Å². The first-order chi connectivity index (χ1) is 7.86. The van der Waals surface area contributed by atoms with E-state index in [0.717, 1.165) is 0 Å². The summed E-state index contributed by atoms with van der Waals surface area (Å²) in [7, 11) is 4.49. The summed E-state index contributed by atoms with van der Waals surface area (Å²) >= 11 is 6.16. The normalized spacial score (nSPS) is 11.2. The van der Waals surface area contributed by atoms with E-state index in [1.54, 1.807) is 19.9 Å². The fraction of sp³-hybridized carbons (Fsp3) is 0.500. The van der Waals surface area contributed by atoms with Crippen molar-refractivity contribution < 1.29 is 19.3 Å². The van der Waals surface area contributed by atoms with Crippen molar-refractivity contribution in [3.63, 3.8) is 0 Å². The molecule has 0 bridgehead atoms. The summed E-state index contributed by atoms with van der Waals surface area (Å²) in [6.07, 6.45) is 0. The summed E-state index contributed by atoms with van der Waals surface area (Å²) in [5.41, 5.74) is -0.545. The fourth-order valence-electron chi connectivity index (χ4n) is 1.59. The van der Waals surface area contributed by atoms with Gasteiger partial charge in [0.1, 0.15) is 10.8 Å². The van der Waals surface area contributed by atoms with E-state index in [0.29, 0.717) is 22.8 Å². The summed E-state index contributed by atoms with van der Waals surface area (Å²) in [5, 5.41) is 10.4. The maximum absolute atomic E-state index is 10.1. The molecule has 5 heteroatoms. The second-order valence-corrected chi connectivity index (χ2v) is 4.44. The summed E-state index contributed by atoms with van der Waals surface area (Å²) in [6.45, 7) is 3.29. The van der Waals surface area contributed by atoms with E-state index in [9.17, 15) is 5.11 Å². The number of aliphatic hydroxyl groups is 1. The highest BCUT2D eigenvalue weighted by molar-refractivity contribution is 6.34. The third-order valence-electron chi connectivity index (χ3n) is 2.43. The van der Waals surface area contributed by atoms with Crippen molar-refractivity contribution in [2.24, 2.45) is 0 Å². The van der Waals surface area contributed by atoms with E-state index in [2.05, 4.69) is 0 Å². The lowest BCUT2D eigenvalue weighted by atomic mass is 9.96. The Bertz CT molecular complexity index is 410. The Morgan fingerprint density at radius 3 is 1.94 bits per heavy atom. The van der Waals surface area contributed by atoms with Crippen molar-refractivity contribution in [3.8, 4) is 17.2 Å². The SMILES string of the molecule is COc1cc(C(C)(C)O)c(OC)c(Cl)c1OC. The summed E-state index contributed by atoms with van der Waals surface area (Å²) in [5.74, 6) is 1.23. The third-order valence-corrected chi connectivity index (χ3v) is 2.77. The highest BCUT2D eigenvalue weighted by Gasteiger charge is 2.27. The van der Waals surface area contributed by atoms with Gasteiger partial charge in [-0.05, 0) is 19.9 Å². The van der Waals surface area contributed by atoms with Crippen molar-refractivity contribution in [2.75, 3.05) is 21.3 Å². The minimum Gasteiger partial charge on any atom is -0.495 e. The number of methoxy groups -OCH3 is 3. The Morgan fingerprint density at radius 1 is 1.06 bits per heavy atom. The Hall–Kier alpha value is -1.13. The molecule has 4 nitrogen and oxygen atoms in total. The van der Waals surface area contributed by atoms with Gasteiger partial charge in [0.15, 0.2) is 11.5 Å². The maximum atomic E-state index is 10.1. The first-order valence-electron chi connectivity index (χ1n) is 5.08. The van der Waals surface area contributed by atoms with Gasteiger partial charge in [0.2, 0.25) is 0 Å². The van der Waals surface area contributed by atoms with Crippen molar-refractivity contribution >= 4 is 11.6 Å². The molecule has 1 aromatic carbocycles. The van der Waals surface area contributed by atoms with E-state index in [4.69, 9.17) is 25.8 Å². The van der Waals surface area contributed by atoms with Gasteiger partial charge in [0, 0.05) is 5.56 Å². The zero-order valence-electron chi connectivity index (χ0n) is 10.6. The van der Waals surface area contributed by atoms with Gasteiger partial charge < -0.3 is 19.3 Å². The van der Waals surface area contributed by atoms with Gasteiger partial charge in [0.05, 0.1) is 26.9 Å². The van der Waals surface area contributed by atoms with E-state index in [1.807, 2.05) is 0 Å². The molecule has 0 fully saturated rings. The smallest absolute Gasteiger partial charge is 0.183 e. The van der Waals surface area contributed by atoms with Gasteiger partial charge in [-0.1, -0.05) is 11.6 Å². The predicted octanol–water partition coefficient (Wildman–Crippen LogP) is 2.59. The van der Waals surface area contributed by atoms with Gasteiger partial charge in [-0.25, -0.2) is 0 Å². The Labute approximate surface area is 106 Å². The first-order valence-corrected chi connectivity index (χ1v) is 5.46. The van der Waals surface area contributed by atoms with Gasteiger partial charge in [-0.15, -0.1) is 0 Å². The molecule has 1 N–H and O–H groups in total. The minimum absolute atomic E-state index is 0.284. The number of hydrogen-bond acceptors (Lipinski definition) is 4. The third kappa shape index (κ3) is 2.58. The van der Waals surface area contributed by atoms with Crippen LogP contribution in [0.25, 0.3) is 0 Å². The zero-order valence-corrected chi connectivity index (χ0v) is 11.4. The number of hydrogen-bond donors (Lipinski definition) is 1. The lowest BCUT2D eigenvalue weighted by Gasteiger charge is -2.23. The topological polar surface area (TPSA) is 47.9 Å². The number of rotatable bonds is 4. The largest absolute Gasteiger partial charge is 0.495 e. The van der Waals surface area contributed by atoms with Crippen LogP contribution in [-0.2, 0) is 5.60 Å². The molecular formula is C12H17ClO4. The monoisotopic (exact) mass is 260 g/mol.